The molecule has 2 aliphatic heterocycles. The summed E-state index contributed by atoms with van der Waals surface area (Å²) in [5.74, 6) is 0.554. The quantitative estimate of drug-likeness (QED) is 0.533. The number of piperidine rings is 1. The first kappa shape index (κ1) is 26.9. The molecule has 0 saturated carbocycles. The summed E-state index contributed by atoms with van der Waals surface area (Å²) in [7, 11) is 0. The number of amides is 2. The van der Waals surface area contributed by atoms with Crippen molar-refractivity contribution in [1.82, 2.24) is 25.1 Å². The van der Waals surface area contributed by atoms with E-state index in [0.717, 1.165) is 58.3 Å². The first-order chi connectivity index (χ1) is 19.0. The van der Waals surface area contributed by atoms with Crippen molar-refractivity contribution in [2.24, 2.45) is 5.41 Å². The van der Waals surface area contributed by atoms with Gasteiger partial charge in [-0.1, -0.05) is 48.9 Å². The predicted molar refractivity (Wildman–Crippen MR) is 150 cm³/mol. The first-order valence-electron chi connectivity index (χ1n) is 14.1. The van der Waals surface area contributed by atoms with Crippen molar-refractivity contribution in [3.63, 3.8) is 0 Å². The van der Waals surface area contributed by atoms with Gasteiger partial charge in [0.25, 0.3) is 5.91 Å². The Balaban J connectivity index is 1.22. The molecule has 8 nitrogen and oxygen atoms in total. The van der Waals surface area contributed by atoms with Crippen molar-refractivity contribution in [1.29, 1.82) is 0 Å². The monoisotopic (exact) mass is 529 g/mol. The zero-order valence-electron chi connectivity index (χ0n) is 22.8. The number of likely N-dealkylation sites (tertiary alicyclic amines) is 1. The highest BCUT2D eigenvalue weighted by atomic mass is 16.5. The van der Waals surface area contributed by atoms with Crippen LogP contribution < -0.4 is 15.4 Å². The molecule has 5 rings (SSSR count). The molecule has 8 heteroatoms. The van der Waals surface area contributed by atoms with Crippen LogP contribution in [0.5, 0.6) is 5.75 Å². The molecule has 2 amide bonds. The van der Waals surface area contributed by atoms with Crippen LogP contribution in [-0.4, -0.2) is 58.5 Å². The third-order valence-corrected chi connectivity index (χ3v) is 8.04. The summed E-state index contributed by atoms with van der Waals surface area (Å²) in [5.41, 5.74) is 2.57. The van der Waals surface area contributed by atoms with E-state index in [9.17, 15) is 9.59 Å². The molecule has 1 spiro atoms. The van der Waals surface area contributed by atoms with Crippen LogP contribution in [-0.2, 0) is 17.9 Å². The predicted octanol–water partition coefficient (Wildman–Crippen LogP) is 4.01. The van der Waals surface area contributed by atoms with Gasteiger partial charge < -0.3 is 19.9 Å². The molecule has 1 atom stereocenters. The molecule has 39 heavy (non-hydrogen) atoms. The van der Waals surface area contributed by atoms with Crippen LogP contribution in [0.2, 0.25) is 0 Å². The van der Waals surface area contributed by atoms with E-state index in [0.29, 0.717) is 24.5 Å². The number of hydrogen-bond acceptors (Lipinski definition) is 5. The lowest BCUT2D eigenvalue weighted by Crippen LogP contribution is -2.51. The summed E-state index contributed by atoms with van der Waals surface area (Å²) in [6.45, 7) is 6.20. The number of ether oxygens (including phenoxy) is 1. The number of carbonyl (C=O) groups is 2. The fourth-order valence-corrected chi connectivity index (χ4v) is 5.66. The molecule has 3 heterocycles. The maximum Gasteiger partial charge on any atom is 0.255 e. The van der Waals surface area contributed by atoms with Gasteiger partial charge in [0.1, 0.15) is 12.4 Å². The van der Waals surface area contributed by atoms with E-state index >= 15 is 0 Å². The normalized spacial score (nSPS) is 20.8. The summed E-state index contributed by atoms with van der Waals surface area (Å²) in [5, 5.41) is 6.26. The Morgan fingerprint density at radius 2 is 1.74 bits per heavy atom. The average molecular weight is 530 g/mol. The third-order valence-electron chi connectivity index (χ3n) is 8.04. The number of hydrogen-bond donors (Lipinski definition) is 2. The fraction of sp³-hybridized carbons (Fsp3) is 0.452. The minimum Gasteiger partial charge on any atom is -0.491 e. The van der Waals surface area contributed by atoms with Gasteiger partial charge in [-0.05, 0) is 63.4 Å². The van der Waals surface area contributed by atoms with E-state index in [-0.39, 0.29) is 17.9 Å². The van der Waals surface area contributed by atoms with E-state index in [4.69, 9.17) is 4.74 Å². The Morgan fingerprint density at radius 3 is 2.56 bits per heavy atom. The van der Waals surface area contributed by atoms with Crippen LogP contribution in [0, 0.1) is 5.41 Å². The molecule has 2 N–H and O–H groups in total. The smallest absolute Gasteiger partial charge is 0.255 e. The zero-order valence-corrected chi connectivity index (χ0v) is 22.8. The maximum atomic E-state index is 13.7. The maximum absolute atomic E-state index is 13.7. The highest BCUT2D eigenvalue weighted by Gasteiger charge is 2.41. The van der Waals surface area contributed by atoms with Gasteiger partial charge >= 0.3 is 0 Å². The van der Waals surface area contributed by atoms with E-state index in [1.54, 1.807) is 12.1 Å². The van der Waals surface area contributed by atoms with Gasteiger partial charge in [0.15, 0.2) is 0 Å². The largest absolute Gasteiger partial charge is 0.491 e. The number of imidazole rings is 1. The highest BCUT2D eigenvalue weighted by molar-refractivity contribution is 5.96. The average Bonchev–Trinajstić information content (AvgIpc) is 3.39. The van der Waals surface area contributed by atoms with Crippen LogP contribution in [0.15, 0.2) is 67.1 Å². The zero-order chi connectivity index (χ0) is 27.1. The van der Waals surface area contributed by atoms with Gasteiger partial charge in [-0.25, -0.2) is 4.98 Å². The number of fused-ring (bicyclic) bond motifs is 1. The second-order valence-electron chi connectivity index (χ2n) is 10.9. The molecule has 1 saturated heterocycles. The number of para-hydroxylation sites is 1. The van der Waals surface area contributed by atoms with E-state index in [1.165, 1.54) is 11.3 Å². The first-order valence-corrected chi connectivity index (χ1v) is 14.1. The van der Waals surface area contributed by atoms with Crippen LogP contribution in [0.3, 0.4) is 0 Å². The molecule has 3 aromatic rings. The van der Waals surface area contributed by atoms with Gasteiger partial charge in [-0.2, -0.15) is 0 Å². The van der Waals surface area contributed by atoms with Gasteiger partial charge in [-0.15, -0.1) is 0 Å². The van der Waals surface area contributed by atoms with Crippen molar-refractivity contribution in [3.8, 4) is 5.75 Å². The molecule has 1 aromatic heterocycles. The number of nitrogens with zero attached hydrogens (tertiary/aromatic N) is 3. The van der Waals surface area contributed by atoms with Gasteiger partial charge in [0.2, 0.25) is 5.91 Å². The summed E-state index contributed by atoms with van der Waals surface area (Å²) in [6, 6.07) is 17.5. The molecule has 0 radical (unpaired) electrons. The van der Waals surface area contributed by atoms with Crippen LogP contribution in [0.1, 0.15) is 60.6 Å². The summed E-state index contributed by atoms with van der Waals surface area (Å²) in [6.07, 6.45) is 8.03. The summed E-state index contributed by atoms with van der Waals surface area (Å²) in [4.78, 5) is 33.3. The summed E-state index contributed by atoms with van der Waals surface area (Å²) < 4.78 is 8.19. The summed E-state index contributed by atoms with van der Waals surface area (Å²) >= 11 is 0. The molecule has 0 bridgehead atoms. The van der Waals surface area contributed by atoms with E-state index < -0.39 is 5.41 Å². The van der Waals surface area contributed by atoms with Crippen LogP contribution in [0.4, 0.5) is 0 Å². The Morgan fingerprint density at radius 1 is 0.974 bits per heavy atom. The lowest BCUT2D eigenvalue weighted by Gasteiger charge is -2.41. The molecule has 0 unspecified atom stereocenters. The van der Waals surface area contributed by atoms with Crippen molar-refractivity contribution < 1.29 is 14.3 Å². The minimum absolute atomic E-state index is 0.117. The minimum atomic E-state index is -0.402. The van der Waals surface area contributed by atoms with Crippen molar-refractivity contribution >= 4 is 11.8 Å². The van der Waals surface area contributed by atoms with Gasteiger partial charge in [-0.3, -0.25) is 14.5 Å². The number of aromatic nitrogens is 2. The number of rotatable bonds is 4. The number of benzene rings is 2. The molecule has 0 aliphatic carbocycles. The standard InChI is InChI=1S/C31H39N5O3/c1-24-22-39-28-12-6-5-11-27(28)29(37)33-16-8-7-13-31(30(38)34-24)14-17-35(18-15-31)21-26-19-32-23-36(26)20-25-9-3-2-4-10-25/h2-6,9-12,19,23-24H,7-8,13-18,20-22H2,1H3,(H,33,37)(H,34,38)/t24-/m1/s1. The highest BCUT2D eigenvalue weighted by Crippen LogP contribution is 2.37. The molecular formula is C31H39N5O3. The lowest BCUT2D eigenvalue weighted by atomic mass is 9.73. The second-order valence-corrected chi connectivity index (χ2v) is 10.9. The number of carbonyl (C=O) groups excluding carboxylic acids is 2. The van der Waals surface area contributed by atoms with Crippen molar-refractivity contribution in [3.05, 3.63) is 83.9 Å². The van der Waals surface area contributed by atoms with Crippen molar-refractivity contribution in [2.45, 2.75) is 58.2 Å². The third kappa shape index (κ3) is 6.68. The molecule has 2 aliphatic rings. The molecule has 206 valence electrons. The fourth-order valence-electron chi connectivity index (χ4n) is 5.66. The molecule has 1 fully saturated rings. The van der Waals surface area contributed by atoms with E-state index in [2.05, 4.69) is 49.4 Å². The van der Waals surface area contributed by atoms with Crippen molar-refractivity contribution in [2.75, 3.05) is 26.2 Å². The lowest BCUT2D eigenvalue weighted by molar-refractivity contribution is -0.135. The van der Waals surface area contributed by atoms with Crippen LogP contribution >= 0.6 is 0 Å². The van der Waals surface area contributed by atoms with Gasteiger partial charge in [0.05, 0.1) is 29.0 Å². The Bertz CT molecular complexity index is 1250. The topological polar surface area (TPSA) is 88.5 Å². The number of nitrogens with one attached hydrogen (secondary N) is 2. The van der Waals surface area contributed by atoms with E-state index in [1.807, 2.05) is 37.6 Å². The van der Waals surface area contributed by atoms with Gasteiger partial charge in [0, 0.05) is 25.8 Å². The SMILES string of the molecule is C[C@@H]1COc2ccccc2C(=O)NCCCCC2(CCN(Cc3cncn3Cc3ccccc3)CC2)C(=O)N1. The Hall–Kier alpha value is -3.65. The molecular weight excluding hydrogens is 490 g/mol. The second kappa shape index (κ2) is 12.5. The van der Waals surface area contributed by atoms with Crippen LogP contribution in [0.25, 0.3) is 0 Å². The Labute approximate surface area is 230 Å². The molecule has 2 aromatic carbocycles. The Kier molecular flexibility index (Phi) is 8.61.